The predicted molar refractivity (Wildman–Crippen MR) is 237 cm³/mol. The van der Waals surface area contributed by atoms with Crippen LogP contribution in [0.5, 0.6) is 0 Å². The zero-order valence-corrected chi connectivity index (χ0v) is 37.8. The van der Waals surface area contributed by atoms with E-state index in [1.807, 2.05) is 0 Å². The number of allylic oxidation sites excluding steroid dienone is 4. The van der Waals surface area contributed by atoms with Gasteiger partial charge < -0.3 is 0 Å². The van der Waals surface area contributed by atoms with Gasteiger partial charge in [-0.25, -0.2) is 0 Å². The first-order valence-electron chi connectivity index (χ1n) is 19.0. The summed E-state index contributed by atoms with van der Waals surface area (Å²) in [5.74, 6) is 0.374. The molecule has 0 saturated carbocycles. The molecule has 1 unspecified atom stereocenters. The molecule has 3 heteroatoms. The second-order valence-corrected chi connectivity index (χ2v) is 31.4. The Morgan fingerprint density at radius 2 is 1.21 bits per heavy atom. The number of fused-ring (bicyclic) bond motifs is 3. The third kappa shape index (κ3) is 6.68. The first-order valence-corrected chi connectivity index (χ1v) is 26.9. The van der Waals surface area contributed by atoms with Gasteiger partial charge in [0.15, 0.2) is 0 Å². The maximum absolute atomic E-state index is 5.75. The van der Waals surface area contributed by atoms with Crippen LogP contribution >= 0.6 is 24.8 Å². The van der Waals surface area contributed by atoms with Crippen LogP contribution in [0.25, 0.3) is 33.4 Å². The standard InChI is InChI=1S/C31H29.C11H17.C6H5.CH3.CH2.2ClH.Zr/c1-18-11-20(3)30(21(4)12-18)24-7-9-28-26(15-24)17-27-16-25(8-10-29(27)28)31-22(5)13-19(2)14-23(31)6;1-5-9-6-7-10(8-9)11(2,3)4;1-2-4-6-5-3-1;;;;;/h7-15H,17H2,1-6H3;7-9H,5H2,1-4H3;1-5H;1H3;1H2;2*1H;. The zero-order valence-electron chi connectivity index (χ0n) is 33.8. The van der Waals surface area contributed by atoms with Gasteiger partial charge in [0, 0.05) is 0 Å². The van der Waals surface area contributed by atoms with Crippen LogP contribution in [0.2, 0.25) is 4.63 Å². The molecular formula is C50H58Cl2Zr. The van der Waals surface area contributed by atoms with E-state index in [-0.39, 0.29) is 30.2 Å². The maximum atomic E-state index is 5.75. The summed E-state index contributed by atoms with van der Waals surface area (Å²) in [7, 11) is 0. The Balaban J connectivity index is 0.00000271. The molecule has 276 valence electrons. The molecular weight excluding hydrogens is 763 g/mol. The Morgan fingerprint density at radius 1 is 0.679 bits per heavy atom. The van der Waals surface area contributed by atoms with Crippen LogP contribution in [0.15, 0.2) is 106 Å². The van der Waals surface area contributed by atoms with Crippen molar-refractivity contribution in [2.45, 2.75) is 86.7 Å². The van der Waals surface area contributed by atoms with Crippen molar-refractivity contribution < 1.29 is 18.3 Å². The molecule has 0 spiro atoms. The SMILES string of the molecule is Cl.Cl.[CH2]=[Zr]([CH3])([C]1=CC(C(C)(C)C)=CC1CC)([c]1ccccc1)[c]1c(-c2c(C)cc(C)cc2C)ccc2c1Cc1cc(-c3c(C)cc(C)cc3C)ccc1-2. The molecule has 1 atom stereocenters. The Kier molecular flexibility index (Phi) is 11.3. The average molecular weight is 821 g/mol. The molecule has 0 aliphatic heterocycles. The van der Waals surface area contributed by atoms with Crippen LogP contribution in [-0.2, 0) is 24.7 Å². The Bertz CT molecular complexity index is 2340. The number of hydrogen-bond donors (Lipinski definition) is 0. The van der Waals surface area contributed by atoms with Crippen LogP contribution in [0.4, 0.5) is 0 Å². The third-order valence-electron chi connectivity index (χ3n) is 12.4. The van der Waals surface area contributed by atoms with Crippen molar-refractivity contribution >= 4 is 35.6 Å². The third-order valence-corrected chi connectivity index (χ3v) is 26.9. The van der Waals surface area contributed by atoms with Crippen molar-refractivity contribution in [2.75, 3.05) is 0 Å². The first-order chi connectivity index (χ1) is 24.0. The number of halogens is 2. The molecule has 5 aromatic rings. The number of benzene rings is 5. The van der Waals surface area contributed by atoms with Gasteiger partial charge in [-0.05, 0) is 0 Å². The van der Waals surface area contributed by atoms with Gasteiger partial charge in [0.2, 0.25) is 0 Å². The van der Waals surface area contributed by atoms with Crippen LogP contribution in [0.3, 0.4) is 0 Å². The topological polar surface area (TPSA) is 0 Å². The molecule has 0 saturated heterocycles. The van der Waals surface area contributed by atoms with E-state index in [0.29, 0.717) is 5.92 Å². The summed E-state index contributed by atoms with van der Waals surface area (Å²) in [4.78, 5) is 0. The van der Waals surface area contributed by atoms with Gasteiger partial charge in [-0.2, -0.15) is 0 Å². The monoisotopic (exact) mass is 818 g/mol. The minimum atomic E-state index is -4.67. The molecule has 0 nitrogen and oxygen atoms in total. The molecule has 0 fully saturated rings. The van der Waals surface area contributed by atoms with Crippen molar-refractivity contribution in [1.29, 1.82) is 0 Å². The van der Waals surface area contributed by atoms with Crippen LogP contribution in [0.1, 0.15) is 78.6 Å². The van der Waals surface area contributed by atoms with Crippen molar-refractivity contribution in [3.8, 4) is 33.4 Å². The first kappa shape index (κ1) is 41.1. The van der Waals surface area contributed by atoms with E-state index >= 15 is 0 Å². The quantitative estimate of drug-likeness (QED) is 0.157. The summed E-state index contributed by atoms with van der Waals surface area (Å²) in [5, 5.41) is 0. The van der Waals surface area contributed by atoms with Gasteiger partial charge in [0.05, 0.1) is 0 Å². The summed E-state index contributed by atoms with van der Waals surface area (Å²) in [6.07, 6.45) is 7.23. The van der Waals surface area contributed by atoms with Gasteiger partial charge in [0.25, 0.3) is 0 Å². The Morgan fingerprint density at radius 3 is 1.75 bits per heavy atom. The fourth-order valence-electron chi connectivity index (χ4n) is 10.1. The van der Waals surface area contributed by atoms with Gasteiger partial charge in [-0.3, -0.25) is 0 Å². The van der Waals surface area contributed by atoms with Crippen molar-refractivity contribution in [1.82, 2.24) is 0 Å². The molecule has 0 heterocycles. The van der Waals surface area contributed by atoms with E-state index in [1.54, 1.807) is 6.55 Å². The van der Waals surface area contributed by atoms with Crippen LogP contribution in [0, 0.1) is 52.9 Å². The van der Waals surface area contributed by atoms with E-state index in [9.17, 15) is 0 Å². The van der Waals surface area contributed by atoms with Gasteiger partial charge >= 0.3 is 311 Å². The van der Waals surface area contributed by atoms with Gasteiger partial charge in [-0.15, -0.1) is 24.8 Å². The minimum absolute atomic E-state index is 0. The molecule has 0 N–H and O–H groups in total. The van der Waals surface area contributed by atoms with Crippen LogP contribution < -0.4 is 6.54 Å². The van der Waals surface area contributed by atoms with Crippen molar-refractivity contribution in [3.63, 3.8) is 0 Å². The predicted octanol–water partition coefficient (Wildman–Crippen LogP) is 13.3. The summed E-state index contributed by atoms with van der Waals surface area (Å²) in [6.45, 7) is 23.1. The molecule has 0 radical (unpaired) electrons. The van der Waals surface area contributed by atoms with E-state index < -0.39 is 18.3 Å². The fourth-order valence-corrected chi connectivity index (χ4v) is 24.4. The molecule has 5 aromatic carbocycles. The van der Waals surface area contributed by atoms with Gasteiger partial charge in [0.1, 0.15) is 0 Å². The van der Waals surface area contributed by atoms with Crippen molar-refractivity contribution in [2.24, 2.45) is 11.3 Å². The molecule has 2 aliphatic rings. The van der Waals surface area contributed by atoms with Crippen LogP contribution in [-0.4, -0.2) is 4.21 Å². The molecule has 0 amide bonds. The second-order valence-electron chi connectivity index (χ2n) is 17.5. The normalized spacial score (nSPS) is 15.2. The molecule has 0 aromatic heterocycles. The van der Waals surface area contributed by atoms with Crippen molar-refractivity contribution in [3.05, 3.63) is 150 Å². The number of aryl methyl sites for hydroxylation is 6. The van der Waals surface area contributed by atoms with E-state index in [0.717, 1.165) is 12.8 Å². The van der Waals surface area contributed by atoms with Gasteiger partial charge in [-0.1, -0.05) is 0 Å². The summed E-state index contributed by atoms with van der Waals surface area (Å²) in [5.41, 5.74) is 20.8. The summed E-state index contributed by atoms with van der Waals surface area (Å²) >= 11 is -4.67. The molecule has 2 aliphatic carbocycles. The molecule has 0 bridgehead atoms. The Hall–Kier alpha value is -3.09. The fraction of sp³-hybridized carbons (Fsp3) is 0.300. The number of hydrogen-bond acceptors (Lipinski definition) is 0. The van der Waals surface area contributed by atoms with E-state index in [2.05, 4.69) is 171 Å². The molecule has 53 heavy (non-hydrogen) atoms. The Labute approximate surface area is 333 Å². The molecule has 7 rings (SSSR count). The van der Waals surface area contributed by atoms with E-state index in [1.165, 1.54) is 86.7 Å². The second kappa shape index (κ2) is 14.5. The average Bonchev–Trinajstić information content (AvgIpc) is 3.67. The summed E-state index contributed by atoms with van der Waals surface area (Å²) < 4.78 is 13.0. The zero-order chi connectivity index (χ0) is 36.6. The van der Waals surface area contributed by atoms with E-state index in [4.69, 9.17) is 4.21 Å². The number of rotatable bonds is 6. The summed E-state index contributed by atoms with van der Waals surface area (Å²) in [6, 6.07) is 33.1.